The van der Waals surface area contributed by atoms with Gasteiger partial charge in [-0.15, -0.1) is 11.3 Å². The summed E-state index contributed by atoms with van der Waals surface area (Å²) in [6.45, 7) is 2.02. The van der Waals surface area contributed by atoms with E-state index in [2.05, 4.69) is 10.3 Å². The fourth-order valence-electron chi connectivity index (χ4n) is 3.58. The molecule has 7 nitrogen and oxygen atoms in total. The van der Waals surface area contributed by atoms with Crippen LogP contribution in [0.25, 0.3) is 11.5 Å². The van der Waals surface area contributed by atoms with Crippen LogP contribution in [-0.2, 0) is 16.4 Å². The van der Waals surface area contributed by atoms with Crippen LogP contribution in [0.3, 0.4) is 0 Å². The fourth-order valence-corrected chi connectivity index (χ4v) is 5.86. The van der Waals surface area contributed by atoms with E-state index in [-0.39, 0.29) is 38.8 Å². The van der Waals surface area contributed by atoms with Crippen molar-refractivity contribution in [2.24, 2.45) is 0 Å². The summed E-state index contributed by atoms with van der Waals surface area (Å²) in [5.41, 5.74) is 1.08. The van der Waals surface area contributed by atoms with E-state index in [1.165, 1.54) is 41.7 Å². The third-order valence-electron chi connectivity index (χ3n) is 5.16. The van der Waals surface area contributed by atoms with E-state index in [1.807, 2.05) is 12.3 Å². The van der Waals surface area contributed by atoms with Crippen molar-refractivity contribution < 1.29 is 22.4 Å². The van der Waals surface area contributed by atoms with E-state index in [0.29, 0.717) is 11.5 Å². The second-order valence-electron chi connectivity index (χ2n) is 7.24. The molecule has 0 aliphatic carbocycles. The number of carbonyl (C=O) groups excluding carboxylic acids is 2. The lowest BCUT2D eigenvalue weighted by molar-refractivity contribution is 0.0946. The minimum atomic E-state index is -3.91. The minimum Gasteiger partial charge on any atom is -0.458 e. The Morgan fingerprint density at radius 2 is 1.84 bits per heavy atom. The molecule has 3 heterocycles. The van der Waals surface area contributed by atoms with Gasteiger partial charge in [0.25, 0.3) is 5.91 Å². The van der Waals surface area contributed by atoms with Crippen molar-refractivity contribution >= 4 is 32.9 Å². The molecule has 160 valence electrons. The Morgan fingerprint density at radius 1 is 1.06 bits per heavy atom. The predicted octanol–water partition coefficient (Wildman–Crippen LogP) is 4.02. The number of benzene rings is 2. The number of sulfone groups is 1. The Morgan fingerprint density at radius 3 is 2.62 bits per heavy atom. The molecule has 1 aliphatic heterocycles. The molecule has 2 aromatic carbocycles. The molecule has 0 fully saturated rings. The van der Waals surface area contributed by atoms with Crippen molar-refractivity contribution in [1.82, 2.24) is 10.3 Å². The maximum atomic E-state index is 13.0. The molecule has 1 aliphatic rings. The first-order valence-electron chi connectivity index (χ1n) is 9.67. The fraction of sp³-hybridized carbons (Fsp3) is 0.0870. The monoisotopic (exact) mass is 464 g/mol. The van der Waals surface area contributed by atoms with E-state index in [1.54, 1.807) is 24.3 Å². The van der Waals surface area contributed by atoms with E-state index in [4.69, 9.17) is 4.42 Å². The second-order valence-corrected chi connectivity index (χ2v) is 10.2. The molecule has 4 aromatic rings. The topological polar surface area (TPSA) is 106 Å². The van der Waals surface area contributed by atoms with Crippen molar-refractivity contribution in [2.45, 2.75) is 23.3 Å². The number of amides is 1. The molecule has 0 saturated heterocycles. The standard InChI is InChI=1S/C23H16N2O5S2/c1-13-25-18(12-31-13)19-9-7-15(30-19)11-24-23(27)14-6-8-17-21(10-14)32(28,29)20-5-3-2-4-16(20)22(17)26/h2-10,12H,11H2,1H3,(H,24,27). The summed E-state index contributed by atoms with van der Waals surface area (Å²) in [5.74, 6) is 0.291. The van der Waals surface area contributed by atoms with Crippen LogP contribution in [0.2, 0.25) is 0 Å². The van der Waals surface area contributed by atoms with Gasteiger partial charge in [-0.05, 0) is 49.4 Å². The molecule has 9 heteroatoms. The van der Waals surface area contributed by atoms with Crippen molar-refractivity contribution in [1.29, 1.82) is 0 Å². The summed E-state index contributed by atoms with van der Waals surface area (Å²) in [5, 5.41) is 5.54. The summed E-state index contributed by atoms with van der Waals surface area (Å²) in [6.07, 6.45) is 0. The van der Waals surface area contributed by atoms with Crippen molar-refractivity contribution in [3.05, 3.63) is 87.4 Å². The molecular formula is C23H16N2O5S2. The van der Waals surface area contributed by atoms with Gasteiger partial charge in [0, 0.05) is 22.1 Å². The second kappa shape index (κ2) is 7.54. The summed E-state index contributed by atoms with van der Waals surface area (Å²) in [6, 6.07) is 13.7. The summed E-state index contributed by atoms with van der Waals surface area (Å²) < 4.78 is 31.8. The number of carbonyl (C=O) groups is 2. The van der Waals surface area contributed by atoms with Gasteiger partial charge in [-0.2, -0.15) is 0 Å². The normalized spacial score (nSPS) is 14.0. The molecule has 0 unspecified atom stereocenters. The molecule has 0 bridgehead atoms. The van der Waals surface area contributed by atoms with Crippen LogP contribution in [0.1, 0.15) is 37.0 Å². The number of aryl methyl sites for hydroxylation is 1. The van der Waals surface area contributed by atoms with Gasteiger partial charge in [0.05, 0.1) is 21.3 Å². The number of hydrogen-bond acceptors (Lipinski definition) is 7. The van der Waals surface area contributed by atoms with E-state index < -0.39 is 15.7 Å². The van der Waals surface area contributed by atoms with Crippen LogP contribution in [0.4, 0.5) is 0 Å². The van der Waals surface area contributed by atoms with Gasteiger partial charge in [0.1, 0.15) is 11.5 Å². The first-order valence-corrected chi connectivity index (χ1v) is 12.0. The number of fused-ring (bicyclic) bond motifs is 2. The lowest BCUT2D eigenvalue weighted by Gasteiger charge is -2.19. The van der Waals surface area contributed by atoms with Crippen molar-refractivity contribution in [3.63, 3.8) is 0 Å². The summed E-state index contributed by atoms with van der Waals surface area (Å²) >= 11 is 1.52. The number of aromatic nitrogens is 1. The molecule has 5 rings (SSSR count). The number of furan rings is 1. The van der Waals surface area contributed by atoms with Crippen LogP contribution in [-0.4, -0.2) is 25.1 Å². The van der Waals surface area contributed by atoms with Gasteiger partial charge in [-0.25, -0.2) is 13.4 Å². The third-order valence-corrected chi connectivity index (χ3v) is 7.78. The highest BCUT2D eigenvalue weighted by molar-refractivity contribution is 7.91. The summed E-state index contributed by atoms with van der Waals surface area (Å²) in [7, 11) is -3.91. The average Bonchev–Trinajstić information content (AvgIpc) is 3.45. The number of rotatable bonds is 4. The molecular weight excluding hydrogens is 448 g/mol. The smallest absolute Gasteiger partial charge is 0.251 e. The van der Waals surface area contributed by atoms with Gasteiger partial charge >= 0.3 is 0 Å². The van der Waals surface area contributed by atoms with Crippen LogP contribution in [0.15, 0.2) is 74.2 Å². The Bertz CT molecular complexity index is 1500. The largest absolute Gasteiger partial charge is 0.458 e. The molecule has 0 saturated carbocycles. The first-order chi connectivity index (χ1) is 15.3. The maximum Gasteiger partial charge on any atom is 0.251 e. The van der Waals surface area contributed by atoms with Crippen molar-refractivity contribution in [3.8, 4) is 11.5 Å². The molecule has 0 atom stereocenters. The Labute approximate surface area is 187 Å². The van der Waals surface area contributed by atoms with Gasteiger partial charge in [-0.1, -0.05) is 12.1 Å². The minimum absolute atomic E-state index is 0.0459. The quantitative estimate of drug-likeness (QED) is 0.431. The van der Waals surface area contributed by atoms with E-state index >= 15 is 0 Å². The third kappa shape index (κ3) is 3.35. The predicted molar refractivity (Wildman–Crippen MR) is 117 cm³/mol. The molecule has 0 spiro atoms. The zero-order valence-electron chi connectivity index (χ0n) is 16.8. The molecule has 1 N–H and O–H groups in total. The lowest BCUT2D eigenvalue weighted by atomic mass is 10.0. The van der Waals surface area contributed by atoms with Gasteiger partial charge in [0.2, 0.25) is 9.84 Å². The van der Waals surface area contributed by atoms with E-state index in [0.717, 1.165) is 10.7 Å². The van der Waals surface area contributed by atoms with Crippen molar-refractivity contribution in [2.75, 3.05) is 0 Å². The highest BCUT2D eigenvalue weighted by atomic mass is 32.2. The molecule has 32 heavy (non-hydrogen) atoms. The maximum absolute atomic E-state index is 13.0. The van der Waals surface area contributed by atoms with Crippen LogP contribution in [0.5, 0.6) is 0 Å². The van der Waals surface area contributed by atoms with Crippen LogP contribution >= 0.6 is 11.3 Å². The average molecular weight is 465 g/mol. The van der Waals surface area contributed by atoms with Gasteiger partial charge < -0.3 is 9.73 Å². The highest BCUT2D eigenvalue weighted by Crippen LogP contribution is 2.34. The molecule has 1 amide bonds. The zero-order valence-corrected chi connectivity index (χ0v) is 18.4. The van der Waals surface area contributed by atoms with E-state index in [9.17, 15) is 18.0 Å². The Balaban J connectivity index is 1.38. The number of thiazole rings is 1. The molecule has 2 aromatic heterocycles. The van der Waals surface area contributed by atoms with Crippen LogP contribution in [0, 0.1) is 6.92 Å². The Hall–Kier alpha value is -3.56. The lowest BCUT2D eigenvalue weighted by Crippen LogP contribution is -2.25. The number of hydrogen-bond donors (Lipinski definition) is 1. The SMILES string of the molecule is Cc1nc(-c2ccc(CNC(=O)c3ccc4c(c3)S(=O)(=O)c3ccccc3C4=O)o2)cs1. The number of ketones is 1. The van der Waals surface area contributed by atoms with Gasteiger partial charge in [0.15, 0.2) is 11.5 Å². The number of nitrogens with zero attached hydrogens (tertiary/aromatic N) is 1. The van der Waals surface area contributed by atoms with Crippen LogP contribution < -0.4 is 5.32 Å². The first kappa shape index (κ1) is 20.3. The zero-order chi connectivity index (χ0) is 22.5. The molecule has 0 radical (unpaired) electrons. The van der Waals surface area contributed by atoms with Gasteiger partial charge in [-0.3, -0.25) is 9.59 Å². The summed E-state index contributed by atoms with van der Waals surface area (Å²) in [4.78, 5) is 29.6. The highest BCUT2D eigenvalue weighted by Gasteiger charge is 2.35. The Kier molecular flexibility index (Phi) is 4.79. The number of nitrogens with one attached hydrogen (secondary N) is 1.